The minimum atomic E-state index is -0.952. The van der Waals surface area contributed by atoms with Crippen LogP contribution in [0.25, 0.3) is 0 Å². The fourth-order valence-corrected chi connectivity index (χ4v) is 1.95. The molecule has 0 saturated heterocycles. The first-order valence-electron chi connectivity index (χ1n) is 7.02. The lowest BCUT2D eigenvalue weighted by atomic mass is 10.1. The normalized spacial score (nSPS) is 10.4. The van der Waals surface area contributed by atoms with Crippen molar-refractivity contribution < 1.29 is 19.8 Å². The average Bonchev–Trinajstić information content (AvgIpc) is 2.29. The number of rotatable bonds is 13. The highest BCUT2D eigenvalue weighted by atomic mass is 16.4. The molecule has 0 aromatic heterocycles. The molecule has 4 nitrogen and oxygen atoms in total. The second kappa shape index (κ2) is 12.4. The third-order valence-electron chi connectivity index (χ3n) is 3.01. The second-order valence-electron chi connectivity index (χ2n) is 4.78. The number of carbonyl (C=O) groups excluding carboxylic acids is 2. The Morgan fingerprint density at radius 2 is 0.722 bits per heavy atom. The van der Waals surface area contributed by atoms with Crippen LogP contribution in [0.4, 0.5) is 0 Å². The molecule has 0 N–H and O–H groups in total. The van der Waals surface area contributed by atoms with E-state index in [0.29, 0.717) is 0 Å². The molecule has 0 saturated carbocycles. The van der Waals surface area contributed by atoms with Crippen LogP contribution in [0.5, 0.6) is 0 Å². The molecule has 0 amide bonds. The predicted octanol–water partition coefficient (Wildman–Crippen LogP) is 1.17. The molecule has 0 spiro atoms. The standard InChI is InChI=1S/C14H26O4/c15-13(16)11-9-7-5-3-1-2-4-6-8-10-12-14(17)18/h1-12H2,(H,15,16)(H,17,18)/p-2. The summed E-state index contributed by atoms with van der Waals surface area (Å²) < 4.78 is 0. The Kier molecular flexibility index (Phi) is 11.7. The summed E-state index contributed by atoms with van der Waals surface area (Å²) in [5.74, 6) is -1.90. The minimum absolute atomic E-state index is 0.179. The summed E-state index contributed by atoms with van der Waals surface area (Å²) in [6, 6.07) is 0. The van der Waals surface area contributed by atoms with Crippen LogP contribution in [0.1, 0.15) is 77.0 Å². The maximum absolute atomic E-state index is 10.2. The van der Waals surface area contributed by atoms with Gasteiger partial charge >= 0.3 is 0 Å². The van der Waals surface area contributed by atoms with E-state index < -0.39 is 11.9 Å². The predicted molar refractivity (Wildman–Crippen MR) is 65.4 cm³/mol. The van der Waals surface area contributed by atoms with Gasteiger partial charge in [0.1, 0.15) is 0 Å². The Morgan fingerprint density at radius 1 is 0.500 bits per heavy atom. The van der Waals surface area contributed by atoms with Crippen molar-refractivity contribution in [2.75, 3.05) is 0 Å². The third kappa shape index (κ3) is 14.9. The van der Waals surface area contributed by atoms with Gasteiger partial charge in [0.2, 0.25) is 0 Å². The summed E-state index contributed by atoms with van der Waals surface area (Å²) in [6.07, 6.45) is 10.6. The molecule has 0 fully saturated rings. The van der Waals surface area contributed by atoms with E-state index in [1.165, 1.54) is 12.8 Å². The first-order chi connectivity index (χ1) is 8.63. The van der Waals surface area contributed by atoms with Gasteiger partial charge in [0.05, 0.1) is 0 Å². The van der Waals surface area contributed by atoms with Gasteiger partial charge in [-0.3, -0.25) is 0 Å². The Bertz CT molecular complexity index is 202. The zero-order valence-electron chi connectivity index (χ0n) is 11.1. The van der Waals surface area contributed by atoms with Crippen molar-refractivity contribution in [3.8, 4) is 0 Å². The second-order valence-corrected chi connectivity index (χ2v) is 4.78. The quantitative estimate of drug-likeness (QED) is 0.463. The molecule has 0 aliphatic rings. The summed E-state index contributed by atoms with van der Waals surface area (Å²) in [5, 5.41) is 20.3. The van der Waals surface area contributed by atoms with Gasteiger partial charge in [-0.05, 0) is 25.7 Å². The van der Waals surface area contributed by atoms with Gasteiger partial charge in [-0.15, -0.1) is 0 Å². The molecular formula is C14H24O4-2. The number of carboxylic acids is 2. The van der Waals surface area contributed by atoms with Crippen molar-refractivity contribution in [3.05, 3.63) is 0 Å². The van der Waals surface area contributed by atoms with Crippen LogP contribution in [0.3, 0.4) is 0 Å². The summed E-state index contributed by atoms with van der Waals surface area (Å²) in [6.45, 7) is 0. The lowest BCUT2D eigenvalue weighted by molar-refractivity contribution is -0.307. The molecule has 0 aromatic rings. The van der Waals surface area contributed by atoms with Gasteiger partial charge in [-0.25, -0.2) is 0 Å². The van der Waals surface area contributed by atoms with Gasteiger partial charge in [0, 0.05) is 11.9 Å². The lowest BCUT2D eigenvalue weighted by Gasteiger charge is -2.04. The highest BCUT2D eigenvalue weighted by Crippen LogP contribution is 2.11. The van der Waals surface area contributed by atoms with Gasteiger partial charge in [-0.2, -0.15) is 0 Å². The number of aliphatic carboxylic acids is 2. The van der Waals surface area contributed by atoms with Crippen LogP contribution in [0, 0.1) is 0 Å². The molecule has 0 unspecified atom stereocenters. The molecule has 0 aliphatic carbocycles. The van der Waals surface area contributed by atoms with E-state index in [0.717, 1.165) is 51.4 Å². The van der Waals surface area contributed by atoms with Crippen LogP contribution in [0.15, 0.2) is 0 Å². The highest BCUT2D eigenvalue weighted by Gasteiger charge is 1.94. The monoisotopic (exact) mass is 256 g/mol. The average molecular weight is 256 g/mol. The molecule has 106 valence electrons. The molecule has 0 aliphatic heterocycles. The maximum Gasteiger partial charge on any atom is 0.0414 e. The smallest absolute Gasteiger partial charge is 0.0414 e. The van der Waals surface area contributed by atoms with Gasteiger partial charge < -0.3 is 19.8 Å². The van der Waals surface area contributed by atoms with Crippen LogP contribution in [-0.2, 0) is 9.59 Å². The maximum atomic E-state index is 10.2. The van der Waals surface area contributed by atoms with Crippen molar-refractivity contribution in [1.82, 2.24) is 0 Å². The van der Waals surface area contributed by atoms with Crippen LogP contribution < -0.4 is 10.2 Å². The Hall–Kier alpha value is -1.06. The van der Waals surface area contributed by atoms with Gasteiger partial charge in [0.25, 0.3) is 0 Å². The van der Waals surface area contributed by atoms with Gasteiger partial charge in [0.15, 0.2) is 0 Å². The van der Waals surface area contributed by atoms with E-state index in [4.69, 9.17) is 0 Å². The van der Waals surface area contributed by atoms with Crippen molar-refractivity contribution in [2.24, 2.45) is 0 Å². The number of hydrogen-bond acceptors (Lipinski definition) is 4. The summed E-state index contributed by atoms with van der Waals surface area (Å²) >= 11 is 0. The first-order valence-corrected chi connectivity index (χ1v) is 7.02. The molecule has 18 heavy (non-hydrogen) atoms. The largest absolute Gasteiger partial charge is 0.550 e. The van der Waals surface area contributed by atoms with Crippen molar-refractivity contribution >= 4 is 11.9 Å². The van der Waals surface area contributed by atoms with E-state index in [1.807, 2.05) is 0 Å². The SMILES string of the molecule is O=C([O-])CCCCCCCCCCCCC(=O)[O-]. The number of unbranched alkanes of at least 4 members (excludes halogenated alkanes) is 9. The fraction of sp³-hybridized carbons (Fsp3) is 0.857. The van der Waals surface area contributed by atoms with E-state index >= 15 is 0 Å². The number of hydrogen-bond donors (Lipinski definition) is 0. The fourth-order valence-electron chi connectivity index (χ4n) is 1.95. The highest BCUT2D eigenvalue weighted by molar-refractivity contribution is 5.64. The molecule has 0 rings (SSSR count). The molecular weight excluding hydrogens is 232 g/mol. The summed E-state index contributed by atoms with van der Waals surface area (Å²) in [7, 11) is 0. The molecule has 0 aromatic carbocycles. The van der Waals surface area contributed by atoms with Crippen molar-refractivity contribution in [2.45, 2.75) is 77.0 Å². The molecule has 0 radical (unpaired) electrons. The lowest BCUT2D eigenvalue weighted by Crippen LogP contribution is -2.21. The molecule has 0 heterocycles. The van der Waals surface area contributed by atoms with E-state index in [2.05, 4.69) is 0 Å². The molecule has 4 heteroatoms. The summed E-state index contributed by atoms with van der Waals surface area (Å²) in [4.78, 5) is 20.3. The van der Waals surface area contributed by atoms with Crippen molar-refractivity contribution in [3.63, 3.8) is 0 Å². The minimum Gasteiger partial charge on any atom is -0.550 e. The van der Waals surface area contributed by atoms with Crippen LogP contribution in [0.2, 0.25) is 0 Å². The first kappa shape index (κ1) is 16.9. The molecule has 0 atom stereocenters. The summed E-state index contributed by atoms with van der Waals surface area (Å²) in [5.41, 5.74) is 0. The Balaban J connectivity index is 2.99. The zero-order chi connectivity index (χ0) is 13.6. The van der Waals surface area contributed by atoms with E-state index in [1.54, 1.807) is 0 Å². The Labute approximate surface area is 109 Å². The number of carboxylic acid groups (broad SMARTS) is 2. The third-order valence-corrected chi connectivity index (χ3v) is 3.01. The van der Waals surface area contributed by atoms with E-state index in [-0.39, 0.29) is 12.8 Å². The topological polar surface area (TPSA) is 80.3 Å². The van der Waals surface area contributed by atoms with E-state index in [9.17, 15) is 19.8 Å². The molecule has 0 bridgehead atoms. The van der Waals surface area contributed by atoms with Gasteiger partial charge in [-0.1, -0.05) is 51.4 Å². The van der Waals surface area contributed by atoms with Crippen molar-refractivity contribution in [1.29, 1.82) is 0 Å². The van der Waals surface area contributed by atoms with Crippen LogP contribution in [-0.4, -0.2) is 11.9 Å². The Morgan fingerprint density at radius 3 is 0.944 bits per heavy atom. The zero-order valence-corrected chi connectivity index (χ0v) is 11.1. The van der Waals surface area contributed by atoms with Crippen LogP contribution >= 0.6 is 0 Å². The number of carbonyl (C=O) groups is 2.